The maximum absolute atomic E-state index is 13.0. The lowest BCUT2D eigenvalue weighted by atomic mass is 10.3. The number of nitrogens with zero attached hydrogens (tertiary/aromatic N) is 3. The van der Waals surface area contributed by atoms with Crippen LogP contribution in [0.1, 0.15) is 5.69 Å². The van der Waals surface area contributed by atoms with Gasteiger partial charge in [0.1, 0.15) is 5.82 Å². The van der Waals surface area contributed by atoms with Crippen molar-refractivity contribution < 1.29 is 4.39 Å². The molecule has 2 aromatic rings. The predicted octanol–water partition coefficient (Wildman–Crippen LogP) is 2.22. The SMILES string of the molecule is Cn1nncc1CNc1cc(F)ccc1Cl. The lowest BCUT2D eigenvalue weighted by molar-refractivity contribution is 0.628. The largest absolute Gasteiger partial charge is 0.378 e. The fraction of sp³-hybridized carbons (Fsp3) is 0.200. The summed E-state index contributed by atoms with van der Waals surface area (Å²) in [5, 5.41) is 11.0. The van der Waals surface area contributed by atoms with Crippen LogP contribution in [0.2, 0.25) is 5.02 Å². The van der Waals surface area contributed by atoms with Crippen LogP contribution >= 0.6 is 11.6 Å². The Kier molecular flexibility index (Phi) is 3.05. The van der Waals surface area contributed by atoms with Crippen LogP contribution in [-0.2, 0) is 13.6 Å². The zero-order chi connectivity index (χ0) is 11.5. The molecule has 0 radical (unpaired) electrons. The van der Waals surface area contributed by atoms with Crippen LogP contribution < -0.4 is 5.32 Å². The summed E-state index contributed by atoms with van der Waals surface area (Å²) in [6, 6.07) is 4.19. The summed E-state index contributed by atoms with van der Waals surface area (Å²) in [4.78, 5) is 0. The Morgan fingerprint density at radius 3 is 3.00 bits per heavy atom. The van der Waals surface area contributed by atoms with Gasteiger partial charge in [-0.15, -0.1) is 5.10 Å². The fourth-order valence-electron chi connectivity index (χ4n) is 1.29. The van der Waals surface area contributed by atoms with E-state index in [1.54, 1.807) is 17.9 Å². The van der Waals surface area contributed by atoms with E-state index < -0.39 is 0 Å². The van der Waals surface area contributed by atoms with E-state index in [-0.39, 0.29) is 5.82 Å². The van der Waals surface area contributed by atoms with Gasteiger partial charge < -0.3 is 5.32 Å². The van der Waals surface area contributed by atoms with Crippen molar-refractivity contribution in [3.63, 3.8) is 0 Å². The lowest BCUT2D eigenvalue weighted by Gasteiger charge is -2.07. The van der Waals surface area contributed by atoms with Crippen molar-refractivity contribution in [3.05, 3.63) is 40.9 Å². The highest BCUT2D eigenvalue weighted by Crippen LogP contribution is 2.22. The summed E-state index contributed by atoms with van der Waals surface area (Å²) in [6.07, 6.45) is 1.64. The Morgan fingerprint density at radius 1 is 1.50 bits per heavy atom. The summed E-state index contributed by atoms with van der Waals surface area (Å²) in [6.45, 7) is 0.493. The quantitative estimate of drug-likeness (QED) is 0.895. The van der Waals surface area contributed by atoms with Crippen molar-refractivity contribution in [3.8, 4) is 0 Å². The van der Waals surface area contributed by atoms with Gasteiger partial charge in [0.15, 0.2) is 0 Å². The minimum atomic E-state index is -0.324. The molecular weight excluding hydrogens is 231 g/mol. The molecule has 0 aliphatic rings. The third-order valence-electron chi connectivity index (χ3n) is 2.20. The highest BCUT2D eigenvalue weighted by molar-refractivity contribution is 6.33. The lowest BCUT2D eigenvalue weighted by Crippen LogP contribution is -2.05. The predicted molar refractivity (Wildman–Crippen MR) is 59.7 cm³/mol. The van der Waals surface area contributed by atoms with Gasteiger partial charge in [0.05, 0.1) is 29.1 Å². The van der Waals surface area contributed by atoms with Crippen molar-refractivity contribution in [2.75, 3.05) is 5.32 Å². The van der Waals surface area contributed by atoms with Crippen LogP contribution in [0, 0.1) is 5.82 Å². The molecule has 1 aromatic heterocycles. The third kappa shape index (κ3) is 2.30. The summed E-state index contributed by atoms with van der Waals surface area (Å²) in [5.41, 5.74) is 1.45. The van der Waals surface area contributed by atoms with E-state index in [0.717, 1.165) is 5.69 Å². The van der Waals surface area contributed by atoms with Crippen LogP contribution in [0.3, 0.4) is 0 Å². The van der Waals surface area contributed by atoms with Crippen LogP contribution in [-0.4, -0.2) is 15.0 Å². The summed E-state index contributed by atoms with van der Waals surface area (Å²) in [7, 11) is 1.79. The van der Waals surface area contributed by atoms with Gasteiger partial charge in [0.2, 0.25) is 0 Å². The first-order chi connectivity index (χ1) is 7.66. The van der Waals surface area contributed by atoms with Gasteiger partial charge in [-0.1, -0.05) is 16.8 Å². The molecule has 0 atom stereocenters. The van der Waals surface area contributed by atoms with E-state index in [0.29, 0.717) is 17.3 Å². The summed E-state index contributed by atoms with van der Waals surface area (Å²) in [5.74, 6) is -0.324. The number of anilines is 1. The Labute approximate surface area is 97.0 Å². The second kappa shape index (κ2) is 4.49. The number of aryl methyl sites for hydroxylation is 1. The van der Waals surface area contributed by atoms with Gasteiger partial charge in [-0.2, -0.15) is 0 Å². The molecule has 0 fully saturated rings. The zero-order valence-corrected chi connectivity index (χ0v) is 9.37. The Morgan fingerprint density at radius 2 is 2.31 bits per heavy atom. The number of hydrogen-bond donors (Lipinski definition) is 1. The van der Waals surface area contributed by atoms with E-state index >= 15 is 0 Å². The second-order valence-corrected chi connectivity index (χ2v) is 3.73. The molecular formula is C10H10ClFN4. The molecule has 0 bridgehead atoms. The number of benzene rings is 1. The molecule has 0 spiro atoms. The summed E-state index contributed by atoms with van der Waals surface area (Å²) >= 11 is 5.91. The first-order valence-electron chi connectivity index (χ1n) is 4.69. The highest BCUT2D eigenvalue weighted by atomic mass is 35.5. The first kappa shape index (κ1) is 10.9. The number of hydrogen-bond acceptors (Lipinski definition) is 3. The zero-order valence-electron chi connectivity index (χ0n) is 8.61. The van der Waals surface area contributed by atoms with E-state index in [4.69, 9.17) is 11.6 Å². The highest BCUT2D eigenvalue weighted by Gasteiger charge is 2.03. The number of aromatic nitrogens is 3. The van der Waals surface area contributed by atoms with Crippen molar-refractivity contribution in [2.45, 2.75) is 6.54 Å². The molecule has 2 rings (SSSR count). The third-order valence-corrected chi connectivity index (χ3v) is 2.53. The summed E-state index contributed by atoms with van der Waals surface area (Å²) < 4.78 is 14.6. The van der Waals surface area contributed by atoms with Crippen molar-refractivity contribution >= 4 is 17.3 Å². The van der Waals surface area contributed by atoms with Gasteiger partial charge >= 0.3 is 0 Å². The minimum absolute atomic E-state index is 0.324. The normalized spacial score (nSPS) is 10.4. The maximum atomic E-state index is 13.0. The topological polar surface area (TPSA) is 42.7 Å². The Bertz CT molecular complexity index is 497. The number of rotatable bonds is 3. The van der Waals surface area contributed by atoms with E-state index in [2.05, 4.69) is 15.6 Å². The molecule has 0 unspecified atom stereocenters. The maximum Gasteiger partial charge on any atom is 0.125 e. The number of nitrogens with one attached hydrogen (secondary N) is 1. The molecule has 1 N–H and O–H groups in total. The molecule has 0 saturated carbocycles. The van der Waals surface area contributed by atoms with Gasteiger partial charge in [-0.05, 0) is 18.2 Å². The van der Waals surface area contributed by atoms with E-state index in [9.17, 15) is 4.39 Å². The molecule has 6 heteroatoms. The Balaban J connectivity index is 2.10. The van der Waals surface area contributed by atoms with Crippen LogP contribution in [0.5, 0.6) is 0 Å². The van der Waals surface area contributed by atoms with Gasteiger partial charge in [-0.3, -0.25) is 4.68 Å². The number of halogens is 2. The molecule has 4 nitrogen and oxygen atoms in total. The molecule has 0 saturated heterocycles. The van der Waals surface area contributed by atoms with Gasteiger partial charge in [0.25, 0.3) is 0 Å². The van der Waals surface area contributed by atoms with E-state index in [1.165, 1.54) is 18.2 Å². The fourth-order valence-corrected chi connectivity index (χ4v) is 1.47. The van der Waals surface area contributed by atoms with E-state index in [1.807, 2.05) is 0 Å². The molecule has 84 valence electrons. The molecule has 0 aliphatic carbocycles. The van der Waals surface area contributed by atoms with Gasteiger partial charge in [0, 0.05) is 7.05 Å². The van der Waals surface area contributed by atoms with Crippen LogP contribution in [0.15, 0.2) is 24.4 Å². The molecule has 0 amide bonds. The molecule has 0 aliphatic heterocycles. The van der Waals surface area contributed by atoms with Crippen molar-refractivity contribution in [2.24, 2.45) is 7.05 Å². The smallest absolute Gasteiger partial charge is 0.125 e. The molecule has 16 heavy (non-hydrogen) atoms. The second-order valence-electron chi connectivity index (χ2n) is 3.33. The van der Waals surface area contributed by atoms with Crippen molar-refractivity contribution in [1.82, 2.24) is 15.0 Å². The monoisotopic (exact) mass is 240 g/mol. The average molecular weight is 241 g/mol. The minimum Gasteiger partial charge on any atom is -0.378 e. The molecule has 1 heterocycles. The average Bonchev–Trinajstić information content (AvgIpc) is 2.66. The first-order valence-corrected chi connectivity index (χ1v) is 5.07. The van der Waals surface area contributed by atoms with Crippen LogP contribution in [0.4, 0.5) is 10.1 Å². The van der Waals surface area contributed by atoms with Crippen molar-refractivity contribution in [1.29, 1.82) is 0 Å². The van der Waals surface area contributed by atoms with Crippen LogP contribution in [0.25, 0.3) is 0 Å². The molecule has 1 aromatic carbocycles. The Hall–Kier alpha value is -1.62. The standard InChI is InChI=1S/C10H10ClFN4/c1-16-8(6-14-15-16)5-13-10-4-7(12)2-3-9(10)11/h2-4,6,13H,5H2,1H3. The van der Waals surface area contributed by atoms with Gasteiger partial charge in [-0.25, -0.2) is 4.39 Å².